The summed E-state index contributed by atoms with van der Waals surface area (Å²) in [6.45, 7) is 0. The average molecular weight is 245 g/mol. The lowest BCUT2D eigenvalue weighted by Gasteiger charge is -1.95. The van der Waals surface area contributed by atoms with Crippen molar-refractivity contribution in [3.63, 3.8) is 0 Å². The summed E-state index contributed by atoms with van der Waals surface area (Å²) in [5.74, 6) is -0.924. The summed E-state index contributed by atoms with van der Waals surface area (Å²) in [6.07, 6.45) is 7.18. The van der Waals surface area contributed by atoms with Crippen molar-refractivity contribution in [2.24, 2.45) is 0 Å². The maximum atomic E-state index is 10.4. The SMILES string of the molecule is O=C(O)/C=C/c1ccc(Cc2cccnc2)s1. The molecule has 2 heterocycles. The van der Waals surface area contributed by atoms with Crippen molar-refractivity contribution in [3.8, 4) is 0 Å². The van der Waals surface area contributed by atoms with E-state index in [2.05, 4.69) is 4.98 Å². The molecule has 0 saturated heterocycles. The fraction of sp³-hybridized carbons (Fsp3) is 0.0769. The van der Waals surface area contributed by atoms with Gasteiger partial charge < -0.3 is 5.11 Å². The van der Waals surface area contributed by atoms with Gasteiger partial charge in [0.05, 0.1) is 0 Å². The van der Waals surface area contributed by atoms with Gasteiger partial charge in [-0.3, -0.25) is 4.98 Å². The molecule has 0 saturated carbocycles. The largest absolute Gasteiger partial charge is 0.478 e. The zero-order chi connectivity index (χ0) is 12.1. The van der Waals surface area contributed by atoms with Crippen molar-refractivity contribution in [2.45, 2.75) is 6.42 Å². The van der Waals surface area contributed by atoms with Gasteiger partial charge in [0.2, 0.25) is 0 Å². The number of carboxylic acids is 1. The molecule has 0 radical (unpaired) electrons. The fourth-order valence-corrected chi connectivity index (χ4v) is 2.39. The van der Waals surface area contributed by atoms with E-state index in [0.717, 1.165) is 22.9 Å². The Bertz CT molecular complexity index is 531. The van der Waals surface area contributed by atoms with Crippen LogP contribution >= 0.6 is 11.3 Å². The quantitative estimate of drug-likeness (QED) is 0.843. The van der Waals surface area contributed by atoms with Gasteiger partial charge in [0.15, 0.2) is 0 Å². The molecule has 17 heavy (non-hydrogen) atoms. The minimum Gasteiger partial charge on any atom is -0.478 e. The van der Waals surface area contributed by atoms with Gasteiger partial charge in [0.25, 0.3) is 0 Å². The molecule has 0 aliphatic carbocycles. The summed E-state index contributed by atoms with van der Waals surface area (Å²) < 4.78 is 0. The van der Waals surface area contributed by atoms with E-state index in [1.54, 1.807) is 23.6 Å². The number of hydrogen-bond acceptors (Lipinski definition) is 3. The second-order valence-electron chi connectivity index (χ2n) is 3.51. The van der Waals surface area contributed by atoms with Crippen LogP contribution in [0, 0.1) is 0 Å². The smallest absolute Gasteiger partial charge is 0.328 e. The highest BCUT2D eigenvalue weighted by Gasteiger charge is 2.00. The Morgan fingerprint density at radius 1 is 1.41 bits per heavy atom. The Kier molecular flexibility index (Phi) is 3.67. The summed E-state index contributed by atoms with van der Waals surface area (Å²) in [7, 11) is 0. The third kappa shape index (κ3) is 3.53. The number of rotatable bonds is 4. The van der Waals surface area contributed by atoms with Crippen LogP contribution in [-0.2, 0) is 11.2 Å². The van der Waals surface area contributed by atoms with Crippen molar-refractivity contribution in [1.82, 2.24) is 4.98 Å². The molecule has 0 aromatic carbocycles. The standard InChI is InChI=1S/C13H11NO2S/c15-13(16)6-5-11-3-4-12(17-11)8-10-2-1-7-14-9-10/h1-7,9H,8H2,(H,15,16)/b6-5+. The molecule has 86 valence electrons. The van der Waals surface area contributed by atoms with E-state index in [-0.39, 0.29) is 0 Å². The van der Waals surface area contributed by atoms with E-state index in [1.807, 2.05) is 30.5 Å². The number of carboxylic acid groups (broad SMARTS) is 1. The van der Waals surface area contributed by atoms with Gasteiger partial charge in [-0.1, -0.05) is 6.07 Å². The van der Waals surface area contributed by atoms with Gasteiger partial charge in [-0.15, -0.1) is 11.3 Å². The summed E-state index contributed by atoms with van der Waals surface area (Å²) in [5, 5.41) is 8.53. The summed E-state index contributed by atoms with van der Waals surface area (Å²) in [4.78, 5) is 16.6. The van der Waals surface area contributed by atoms with E-state index < -0.39 is 5.97 Å². The Morgan fingerprint density at radius 2 is 2.29 bits per heavy atom. The van der Waals surface area contributed by atoms with Crippen molar-refractivity contribution < 1.29 is 9.90 Å². The summed E-state index contributed by atoms with van der Waals surface area (Å²) in [5.41, 5.74) is 1.16. The lowest BCUT2D eigenvalue weighted by atomic mass is 10.2. The van der Waals surface area contributed by atoms with Crippen LogP contribution in [0.3, 0.4) is 0 Å². The molecule has 1 N–H and O–H groups in total. The topological polar surface area (TPSA) is 50.2 Å². The van der Waals surface area contributed by atoms with E-state index in [4.69, 9.17) is 5.11 Å². The van der Waals surface area contributed by atoms with E-state index in [1.165, 1.54) is 4.88 Å². The van der Waals surface area contributed by atoms with Crippen LogP contribution in [0.5, 0.6) is 0 Å². The highest BCUT2D eigenvalue weighted by molar-refractivity contribution is 7.12. The second kappa shape index (κ2) is 5.41. The van der Waals surface area contributed by atoms with Gasteiger partial charge in [-0.25, -0.2) is 4.79 Å². The minimum atomic E-state index is -0.924. The van der Waals surface area contributed by atoms with E-state index >= 15 is 0 Å². The minimum absolute atomic E-state index is 0.833. The zero-order valence-electron chi connectivity index (χ0n) is 9.04. The Balaban J connectivity index is 2.06. The molecule has 2 aromatic heterocycles. The average Bonchev–Trinajstić information content (AvgIpc) is 2.75. The monoisotopic (exact) mass is 245 g/mol. The van der Waals surface area contributed by atoms with Crippen LogP contribution in [-0.4, -0.2) is 16.1 Å². The molecule has 4 heteroatoms. The van der Waals surface area contributed by atoms with Crippen molar-refractivity contribution in [1.29, 1.82) is 0 Å². The first-order chi connectivity index (χ1) is 8.24. The van der Waals surface area contributed by atoms with Gasteiger partial charge in [-0.2, -0.15) is 0 Å². The Hall–Kier alpha value is -1.94. The third-order valence-electron chi connectivity index (χ3n) is 2.17. The van der Waals surface area contributed by atoms with Crippen molar-refractivity contribution in [2.75, 3.05) is 0 Å². The van der Waals surface area contributed by atoms with Gasteiger partial charge in [0.1, 0.15) is 0 Å². The highest BCUT2D eigenvalue weighted by Crippen LogP contribution is 2.20. The Morgan fingerprint density at radius 3 is 3.00 bits per heavy atom. The second-order valence-corrected chi connectivity index (χ2v) is 4.71. The molecule has 0 amide bonds. The summed E-state index contributed by atoms with van der Waals surface area (Å²) in [6, 6.07) is 7.88. The first-order valence-corrected chi connectivity index (χ1v) is 5.94. The normalized spacial score (nSPS) is 10.8. The van der Waals surface area contributed by atoms with Gasteiger partial charge in [-0.05, 0) is 29.8 Å². The van der Waals surface area contributed by atoms with Crippen LogP contribution in [0.1, 0.15) is 15.3 Å². The molecule has 0 spiro atoms. The van der Waals surface area contributed by atoms with Crippen LogP contribution < -0.4 is 0 Å². The molecule has 0 fully saturated rings. The van der Waals surface area contributed by atoms with Crippen molar-refractivity contribution in [3.05, 3.63) is 58.1 Å². The molecule has 3 nitrogen and oxygen atoms in total. The van der Waals surface area contributed by atoms with Crippen LogP contribution in [0.25, 0.3) is 6.08 Å². The van der Waals surface area contributed by atoms with E-state index in [0.29, 0.717) is 0 Å². The predicted molar refractivity (Wildman–Crippen MR) is 68.0 cm³/mol. The zero-order valence-corrected chi connectivity index (χ0v) is 9.85. The van der Waals surface area contributed by atoms with Crippen LogP contribution in [0.4, 0.5) is 0 Å². The molecule has 0 atom stereocenters. The number of pyridine rings is 1. The van der Waals surface area contributed by atoms with Crippen LogP contribution in [0.2, 0.25) is 0 Å². The number of aliphatic carboxylic acids is 1. The van der Waals surface area contributed by atoms with Gasteiger partial charge >= 0.3 is 5.97 Å². The number of nitrogens with zero attached hydrogens (tertiary/aromatic N) is 1. The number of thiophene rings is 1. The van der Waals surface area contributed by atoms with Crippen LogP contribution in [0.15, 0.2) is 42.7 Å². The third-order valence-corrected chi connectivity index (χ3v) is 3.22. The molecule has 2 aromatic rings. The molecular formula is C13H11NO2S. The fourth-order valence-electron chi connectivity index (χ4n) is 1.44. The van der Waals surface area contributed by atoms with E-state index in [9.17, 15) is 4.79 Å². The number of carbonyl (C=O) groups is 1. The molecule has 0 bridgehead atoms. The van der Waals surface area contributed by atoms with Gasteiger partial charge in [0, 0.05) is 34.6 Å². The maximum Gasteiger partial charge on any atom is 0.328 e. The Labute approximate surface area is 103 Å². The number of hydrogen-bond donors (Lipinski definition) is 1. The first kappa shape index (κ1) is 11.5. The molecule has 0 unspecified atom stereocenters. The molecule has 0 aliphatic heterocycles. The molecule has 0 aliphatic rings. The lowest BCUT2D eigenvalue weighted by Crippen LogP contribution is -1.84. The maximum absolute atomic E-state index is 10.4. The first-order valence-electron chi connectivity index (χ1n) is 5.12. The van der Waals surface area contributed by atoms with Crippen molar-refractivity contribution >= 4 is 23.4 Å². The predicted octanol–water partition coefficient (Wildman–Crippen LogP) is 2.83. The summed E-state index contributed by atoms with van der Waals surface area (Å²) >= 11 is 1.59. The molecular weight excluding hydrogens is 234 g/mol. The number of aromatic nitrogens is 1. The molecule has 2 rings (SSSR count). The lowest BCUT2D eigenvalue weighted by molar-refractivity contribution is -0.131. The highest BCUT2D eigenvalue weighted by atomic mass is 32.1.